The van der Waals surface area contributed by atoms with Crippen LogP contribution in [0.1, 0.15) is 0 Å². The van der Waals surface area contributed by atoms with E-state index < -0.39 is 14.2 Å². The van der Waals surface area contributed by atoms with Gasteiger partial charge in [0.2, 0.25) is 0 Å². The summed E-state index contributed by atoms with van der Waals surface area (Å²) in [5.41, 5.74) is 2.63. The quantitative estimate of drug-likeness (QED) is 0.526. The van der Waals surface area contributed by atoms with E-state index in [4.69, 9.17) is 20.1 Å². The van der Waals surface area contributed by atoms with E-state index in [-0.39, 0.29) is 0 Å². The molecule has 4 N–H and O–H groups in total. The van der Waals surface area contributed by atoms with Gasteiger partial charge in [-0.05, 0) is 35.2 Å². The molecule has 2 aromatic rings. The van der Waals surface area contributed by atoms with Crippen LogP contribution in [-0.4, -0.2) is 41.4 Å². The van der Waals surface area contributed by atoms with Crippen molar-refractivity contribution in [1.29, 1.82) is 0 Å². The summed E-state index contributed by atoms with van der Waals surface area (Å²) in [6, 6.07) is 13.7. The lowest BCUT2D eigenvalue weighted by Gasteiger charge is -2.20. The molecule has 20 heavy (non-hydrogen) atoms. The van der Waals surface area contributed by atoms with E-state index in [2.05, 4.69) is 0 Å². The minimum absolute atomic E-state index is 0.431. The van der Waals surface area contributed by atoms with Crippen LogP contribution in [0.15, 0.2) is 48.5 Å². The summed E-state index contributed by atoms with van der Waals surface area (Å²) in [6.45, 7) is 0. The summed E-state index contributed by atoms with van der Waals surface area (Å²) in [4.78, 5) is 1.90. The van der Waals surface area contributed by atoms with Crippen LogP contribution in [0.25, 0.3) is 0 Å². The Kier molecular flexibility index (Phi) is 4.46. The minimum Gasteiger partial charge on any atom is -0.423 e. The van der Waals surface area contributed by atoms with E-state index in [0.717, 1.165) is 11.4 Å². The highest BCUT2D eigenvalue weighted by Gasteiger charge is 2.13. The third kappa shape index (κ3) is 3.20. The lowest BCUT2D eigenvalue weighted by molar-refractivity contribution is 0.424. The van der Waals surface area contributed by atoms with Gasteiger partial charge in [-0.3, -0.25) is 0 Å². The fraction of sp³-hybridized carbons (Fsp3) is 0.0769. The molecule has 0 spiro atoms. The molecule has 0 fully saturated rings. The summed E-state index contributed by atoms with van der Waals surface area (Å²) in [6.07, 6.45) is 0. The van der Waals surface area contributed by atoms with Gasteiger partial charge in [-0.25, -0.2) is 0 Å². The van der Waals surface area contributed by atoms with E-state index in [9.17, 15) is 0 Å². The molecule has 0 aromatic heterocycles. The zero-order chi connectivity index (χ0) is 14.7. The molecular formula is C13H15B2NO4. The summed E-state index contributed by atoms with van der Waals surface area (Å²) in [5, 5.41) is 36.2. The zero-order valence-electron chi connectivity index (χ0n) is 11.0. The maximum absolute atomic E-state index is 9.05. The Morgan fingerprint density at radius 2 is 0.950 bits per heavy atom. The average molecular weight is 271 g/mol. The van der Waals surface area contributed by atoms with Crippen molar-refractivity contribution in [2.75, 3.05) is 11.9 Å². The number of hydrogen-bond acceptors (Lipinski definition) is 5. The molecular weight excluding hydrogens is 256 g/mol. The maximum Gasteiger partial charge on any atom is 0.488 e. The minimum atomic E-state index is -1.47. The fourth-order valence-electron chi connectivity index (χ4n) is 1.89. The van der Waals surface area contributed by atoms with Crippen molar-refractivity contribution in [3.05, 3.63) is 48.5 Å². The lowest BCUT2D eigenvalue weighted by atomic mass is 9.80. The van der Waals surface area contributed by atoms with Gasteiger partial charge < -0.3 is 25.0 Å². The molecule has 2 aromatic carbocycles. The summed E-state index contributed by atoms with van der Waals surface area (Å²) in [7, 11) is -1.08. The summed E-state index contributed by atoms with van der Waals surface area (Å²) >= 11 is 0. The van der Waals surface area contributed by atoms with Gasteiger partial charge in [0.05, 0.1) is 0 Å². The Labute approximate surface area is 118 Å². The second kappa shape index (κ2) is 6.11. The first kappa shape index (κ1) is 14.6. The monoisotopic (exact) mass is 271 g/mol. The van der Waals surface area contributed by atoms with Gasteiger partial charge in [0.15, 0.2) is 0 Å². The summed E-state index contributed by atoms with van der Waals surface area (Å²) < 4.78 is 0. The van der Waals surface area contributed by atoms with E-state index in [0.29, 0.717) is 10.9 Å². The molecule has 0 saturated heterocycles. The maximum atomic E-state index is 9.05. The number of hydrogen-bond donors (Lipinski definition) is 4. The molecule has 0 amide bonds. The third-order valence-electron chi connectivity index (χ3n) is 3.16. The van der Waals surface area contributed by atoms with Gasteiger partial charge in [0.25, 0.3) is 0 Å². The Bertz CT molecular complexity index is 506. The number of anilines is 2. The zero-order valence-corrected chi connectivity index (χ0v) is 11.0. The van der Waals surface area contributed by atoms with Gasteiger partial charge in [-0.15, -0.1) is 0 Å². The molecule has 0 aliphatic carbocycles. The largest absolute Gasteiger partial charge is 0.488 e. The van der Waals surface area contributed by atoms with Crippen molar-refractivity contribution >= 4 is 36.5 Å². The molecule has 0 saturated carbocycles. The van der Waals surface area contributed by atoms with Crippen LogP contribution in [0.3, 0.4) is 0 Å². The second-order valence-electron chi connectivity index (χ2n) is 4.49. The molecule has 102 valence electrons. The van der Waals surface area contributed by atoms with Gasteiger partial charge in [-0.1, -0.05) is 24.3 Å². The first-order valence-corrected chi connectivity index (χ1v) is 6.15. The Balaban J connectivity index is 2.19. The van der Waals surface area contributed by atoms with Crippen LogP contribution in [0.2, 0.25) is 0 Å². The van der Waals surface area contributed by atoms with Gasteiger partial charge in [-0.2, -0.15) is 0 Å². The van der Waals surface area contributed by atoms with Crippen LogP contribution < -0.4 is 15.8 Å². The predicted octanol–water partition coefficient (Wildman–Crippen LogP) is -1.19. The highest BCUT2D eigenvalue weighted by atomic mass is 16.4. The fourth-order valence-corrected chi connectivity index (χ4v) is 1.89. The predicted molar refractivity (Wildman–Crippen MR) is 80.6 cm³/mol. The molecule has 0 unspecified atom stereocenters. The molecule has 0 heterocycles. The van der Waals surface area contributed by atoms with E-state index in [1.165, 1.54) is 0 Å². The Morgan fingerprint density at radius 3 is 1.20 bits per heavy atom. The standard InChI is InChI=1S/C13H15B2NO4/c1-16(12-6-2-10(3-7-12)14(17)18)13-8-4-11(5-9-13)15(19)20/h2-9,17-20H,1H3. The number of nitrogens with zero attached hydrogens (tertiary/aromatic N) is 1. The van der Waals surface area contributed by atoms with E-state index >= 15 is 0 Å². The number of benzene rings is 2. The van der Waals surface area contributed by atoms with Crippen molar-refractivity contribution < 1.29 is 20.1 Å². The highest BCUT2D eigenvalue weighted by Crippen LogP contribution is 2.21. The average Bonchev–Trinajstić information content (AvgIpc) is 2.46. The summed E-state index contributed by atoms with van der Waals surface area (Å²) in [5.74, 6) is 0. The van der Waals surface area contributed by atoms with Gasteiger partial charge >= 0.3 is 14.2 Å². The Morgan fingerprint density at radius 1 is 0.650 bits per heavy atom. The normalized spacial score (nSPS) is 10.2. The van der Waals surface area contributed by atoms with Crippen molar-refractivity contribution in [2.45, 2.75) is 0 Å². The Hall–Kier alpha value is -1.79. The molecule has 0 radical (unpaired) electrons. The topological polar surface area (TPSA) is 84.2 Å². The van der Waals surface area contributed by atoms with Crippen LogP contribution >= 0.6 is 0 Å². The van der Waals surface area contributed by atoms with Crippen LogP contribution in [0, 0.1) is 0 Å². The van der Waals surface area contributed by atoms with Crippen LogP contribution in [-0.2, 0) is 0 Å². The van der Waals surface area contributed by atoms with Gasteiger partial charge in [0, 0.05) is 18.4 Å². The van der Waals surface area contributed by atoms with Crippen molar-refractivity contribution in [1.82, 2.24) is 0 Å². The first-order chi connectivity index (χ1) is 9.49. The number of rotatable bonds is 4. The molecule has 7 heteroatoms. The molecule has 0 atom stereocenters. The van der Waals surface area contributed by atoms with Crippen LogP contribution in [0.4, 0.5) is 11.4 Å². The van der Waals surface area contributed by atoms with E-state index in [1.807, 2.05) is 11.9 Å². The van der Waals surface area contributed by atoms with Crippen molar-refractivity contribution in [3.63, 3.8) is 0 Å². The van der Waals surface area contributed by atoms with Crippen molar-refractivity contribution in [2.24, 2.45) is 0 Å². The van der Waals surface area contributed by atoms with Crippen LogP contribution in [0.5, 0.6) is 0 Å². The lowest BCUT2D eigenvalue weighted by Crippen LogP contribution is -2.30. The smallest absolute Gasteiger partial charge is 0.423 e. The molecule has 0 aliphatic rings. The first-order valence-electron chi connectivity index (χ1n) is 6.15. The SMILES string of the molecule is CN(c1ccc(B(O)O)cc1)c1ccc(B(O)O)cc1. The third-order valence-corrected chi connectivity index (χ3v) is 3.16. The van der Waals surface area contributed by atoms with Gasteiger partial charge in [0.1, 0.15) is 0 Å². The molecule has 0 bridgehead atoms. The molecule has 2 rings (SSSR count). The second-order valence-corrected chi connectivity index (χ2v) is 4.49. The molecule has 0 aliphatic heterocycles. The highest BCUT2D eigenvalue weighted by molar-refractivity contribution is 6.59. The van der Waals surface area contributed by atoms with E-state index in [1.54, 1.807) is 48.5 Å². The molecule has 5 nitrogen and oxygen atoms in total. The van der Waals surface area contributed by atoms with Crippen molar-refractivity contribution in [3.8, 4) is 0 Å².